The van der Waals surface area contributed by atoms with Crippen molar-refractivity contribution < 1.29 is 22.7 Å². The molecule has 10 heteroatoms. The van der Waals surface area contributed by atoms with E-state index in [1.807, 2.05) is 44.2 Å². The van der Waals surface area contributed by atoms with Crippen molar-refractivity contribution in [3.63, 3.8) is 0 Å². The lowest BCUT2D eigenvalue weighted by atomic mass is 10.0. The van der Waals surface area contributed by atoms with E-state index < -0.39 is 28.5 Å². The number of benzene rings is 3. The maximum Gasteiger partial charge on any atom is 0.244 e. The van der Waals surface area contributed by atoms with E-state index >= 15 is 0 Å². The molecule has 0 saturated carbocycles. The predicted molar refractivity (Wildman–Crippen MR) is 159 cm³/mol. The first-order valence-electron chi connectivity index (χ1n) is 13.0. The second kappa shape index (κ2) is 14.2. The summed E-state index contributed by atoms with van der Waals surface area (Å²) in [5, 5.41) is 3.39. The lowest BCUT2D eigenvalue weighted by Crippen LogP contribution is -2.53. The summed E-state index contributed by atoms with van der Waals surface area (Å²) in [6.45, 7) is 3.86. The van der Waals surface area contributed by atoms with Gasteiger partial charge in [0.1, 0.15) is 18.3 Å². The molecule has 2 amide bonds. The minimum atomic E-state index is -3.91. The highest BCUT2D eigenvalue weighted by Crippen LogP contribution is 2.30. The van der Waals surface area contributed by atoms with Crippen LogP contribution < -0.4 is 14.4 Å². The molecule has 3 aromatic carbocycles. The Labute approximate surface area is 241 Å². The third kappa shape index (κ3) is 8.47. The van der Waals surface area contributed by atoms with Crippen molar-refractivity contribution in [1.82, 2.24) is 10.2 Å². The van der Waals surface area contributed by atoms with E-state index in [0.717, 1.165) is 16.1 Å². The number of rotatable bonds is 13. The summed E-state index contributed by atoms with van der Waals surface area (Å²) in [6.07, 6.45) is 1.26. The maximum absolute atomic E-state index is 14.1. The third-order valence-corrected chi connectivity index (χ3v) is 7.78. The predicted octanol–water partition coefficient (Wildman–Crippen LogP) is 4.53. The van der Waals surface area contributed by atoms with Gasteiger partial charge in [0.25, 0.3) is 0 Å². The zero-order chi connectivity index (χ0) is 29.3. The van der Waals surface area contributed by atoms with Crippen LogP contribution in [0.5, 0.6) is 5.75 Å². The van der Waals surface area contributed by atoms with Gasteiger partial charge in [0.2, 0.25) is 21.8 Å². The number of nitrogens with zero attached hydrogens (tertiary/aromatic N) is 2. The SMILES string of the molecule is COc1ccccc1N(CC(=O)N(Cc1ccccc1Cl)[C@H](Cc1ccccc1)C(=O)NCC(C)C)S(C)(=O)=O. The van der Waals surface area contributed by atoms with Crippen molar-refractivity contribution in [3.8, 4) is 5.75 Å². The van der Waals surface area contributed by atoms with Crippen LogP contribution in [-0.4, -0.2) is 57.6 Å². The number of anilines is 1. The minimum Gasteiger partial charge on any atom is -0.495 e. The summed E-state index contributed by atoms with van der Waals surface area (Å²) in [7, 11) is -2.48. The zero-order valence-electron chi connectivity index (χ0n) is 23.2. The number of para-hydroxylation sites is 2. The quantitative estimate of drug-likeness (QED) is 0.318. The normalized spacial score (nSPS) is 12.1. The second-order valence-corrected chi connectivity index (χ2v) is 12.2. The minimum absolute atomic E-state index is 0.00856. The van der Waals surface area contributed by atoms with Crippen LogP contribution in [0.4, 0.5) is 5.69 Å². The highest BCUT2D eigenvalue weighted by Gasteiger charge is 2.34. The third-order valence-electron chi connectivity index (χ3n) is 6.29. The number of carbonyl (C=O) groups is 2. The molecule has 0 aliphatic carbocycles. The molecule has 0 spiro atoms. The molecular formula is C30H36ClN3O5S. The maximum atomic E-state index is 14.1. The molecule has 0 aliphatic rings. The fourth-order valence-corrected chi connectivity index (χ4v) is 5.27. The summed E-state index contributed by atoms with van der Waals surface area (Å²) >= 11 is 6.47. The summed E-state index contributed by atoms with van der Waals surface area (Å²) in [5.41, 5.74) is 1.71. The van der Waals surface area contributed by atoms with E-state index in [9.17, 15) is 18.0 Å². The highest BCUT2D eigenvalue weighted by atomic mass is 35.5. The Morgan fingerprint density at radius 1 is 0.950 bits per heavy atom. The van der Waals surface area contributed by atoms with E-state index in [0.29, 0.717) is 22.9 Å². The Morgan fingerprint density at radius 2 is 1.57 bits per heavy atom. The molecule has 0 fully saturated rings. The van der Waals surface area contributed by atoms with Crippen molar-refractivity contribution in [1.29, 1.82) is 0 Å². The fourth-order valence-electron chi connectivity index (χ4n) is 4.22. The molecule has 3 rings (SSSR count). The van der Waals surface area contributed by atoms with E-state index in [1.54, 1.807) is 48.5 Å². The molecule has 0 bridgehead atoms. The topological polar surface area (TPSA) is 96.0 Å². The van der Waals surface area contributed by atoms with E-state index in [4.69, 9.17) is 16.3 Å². The van der Waals surface area contributed by atoms with Gasteiger partial charge in [-0.2, -0.15) is 0 Å². The monoisotopic (exact) mass is 585 g/mol. The van der Waals surface area contributed by atoms with Crippen molar-refractivity contribution in [2.75, 3.05) is 30.8 Å². The van der Waals surface area contributed by atoms with Gasteiger partial charge in [0.05, 0.1) is 19.1 Å². The molecule has 0 radical (unpaired) electrons. The molecule has 8 nitrogen and oxygen atoms in total. The summed E-state index contributed by atoms with van der Waals surface area (Å²) < 4.78 is 32.3. The van der Waals surface area contributed by atoms with E-state index in [-0.39, 0.29) is 30.5 Å². The Kier molecular flexibility index (Phi) is 11.0. The van der Waals surface area contributed by atoms with Crippen LogP contribution in [0.3, 0.4) is 0 Å². The first-order valence-corrected chi connectivity index (χ1v) is 15.2. The van der Waals surface area contributed by atoms with Crippen LogP contribution in [0.1, 0.15) is 25.0 Å². The first kappa shape index (κ1) is 31.0. The van der Waals surface area contributed by atoms with Gasteiger partial charge < -0.3 is 15.0 Å². The van der Waals surface area contributed by atoms with Gasteiger partial charge in [-0.25, -0.2) is 8.42 Å². The lowest BCUT2D eigenvalue weighted by Gasteiger charge is -2.34. The van der Waals surface area contributed by atoms with Crippen molar-refractivity contribution in [3.05, 3.63) is 95.0 Å². The average Bonchev–Trinajstić information content (AvgIpc) is 2.93. The molecule has 40 heavy (non-hydrogen) atoms. The highest BCUT2D eigenvalue weighted by molar-refractivity contribution is 7.92. The van der Waals surface area contributed by atoms with Gasteiger partial charge in [-0.05, 0) is 35.2 Å². The van der Waals surface area contributed by atoms with Crippen LogP contribution in [0.15, 0.2) is 78.9 Å². The Bertz CT molecular complexity index is 1400. The summed E-state index contributed by atoms with van der Waals surface area (Å²) in [6, 6.07) is 22.1. The Hall–Kier alpha value is -3.56. The van der Waals surface area contributed by atoms with Gasteiger partial charge in [-0.3, -0.25) is 13.9 Å². The standard InChI is InChI=1S/C30H36ClN3O5S/c1-22(2)19-32-30(36)27(18-23-12-6-5-7-13-23)33(20-24-14-8-9-15-25(24)31)29(35)21-34(40(4,37)38)26-16-10-11-17-28(26)39-3/h5-17,22,27H,18-21H2,1-4H3,(H,32,36)/t27-/m1/s1. The number of amides is 2. The number of hydrogen-bond acceptors (Lipinski definition) is 5. The lowest BCUT2D eigenvalue weighted by molar-refractivity contribution is -0.140. The molecule has 0 saturated heterocycles. The smallest absolute Gasteiger partial charge is 0.244 e. The molecule has 214 valence electrons. The van der Waals surface area contributed by atoms with E-state index in [1.165, 1.54) is 12.0 Å². The molecule has 0 aliphatic heterocycles. The summed E-state index contributed by atoms with van der Waals surface area (Å²) in [4.78, 5) is 29.2. The number of hydrogen-bond donors (Lipinski definition) is 1. The number of sulfonamides is 1. The van der Waals surface area contributed by atoms with Gasteiger partial charge in [0.15, 0.2) is 0 Å². The van der Waals surface area contributed by atoms with Crippen molar-refractivity contribution >= 4 is 39.1 Å². The largest absolute Gasteiger partial charge is 0.495 e. The average molecular weight is 586 g/mol. The van der Waals surface area contributed by atoms with E-state index in [2.05, 4.69) is 5.32 Å². The first-order chi connectivity index (χ1) is 19.0. The second-order valence-electron chi connectivity index (χ2n) is 9.90. The van der Waals surface area contributed by atoms with Crippen LogP contribution in [0, 0.1) is 5.92 Å². The summed E-state index contributed by atoms with van der Waals surface area (Å²) in [5.74, 6) is -0.396. The van der Waals surface area contributed by atoms with Crippen LogP contribution in [-0.2, 0) is 32.6 Å². The van der Waals surface area contributed by atoms with Gasteiger partial charge in [-0.1, -0.05) is 86.1 Å². The molecule has 0 unspecified atom stereocenters. The van der Waals surface area contributed by atoms with Gasteiger partial charge in [-0.15, -0.1) is 0 Å². The Balaban J connectivity index is 2.08. The number of ether oxygens (including phenoxy) is 1. The Morgan fingerprint density at radius 3 is 2.20 bits per heavy atom. The van der Waals surface area contributed by atoms with Crippen LogP contribution >= 0.6 is 11.6 Å². The number of carbonyl (C=O) groups excluding carboxylic acids is 2. The number of halogens is 1. The van der Waals surface area contributed by atoms with Gasteiger partial charge >= 0.3 is 0 Å². The fraction of sp³-hybridized carbons (Fsp3) is 0.333. The zero-order valence-corrected chi connectivity index (χ0v) is 24.8. The molecule has 0 aromatic heterocycles. The van der Waals surface area contributed by atoms with Crippen molar-refractivity contribution in [2.24, 2.45) is 5.92 Å². The van der Waals surface area contributed by atoms with Crippen LogP contribution in [0.2, 0.25) is 5.02 Å². The molecule has 0 heterocycles. The van der Waals surface area contributed by atoms with Crippen LogP contribution in [0.25, 0.3) is 0 Å². The molecule has 1 N–H and O–H groups in total. The molecular weight excluding hydrogens is 550 g/mol. The number of methoxy groups -OCH3 is 1. The molecule has 1 atom stereocenters. The van der Waals surface area contributed by atoms with Crippen molar-refractivity contribution in [2.45, 2.75) is 32.9 Å². The van der Waals surface area contributed by atoms with Gasteiger partial charge in [0, 0.05) is 24.5 Å². The molecule has 3 aromatic rings. The number of nitrogens with one attached hydrogen (secondary N) is 1.